The van der Waals surface area contributed by atoms with E-state index in [-0.39, 0.29) is 16.7 Å². The summed E-state index contributed by atoms with van der Waals surface area (Å²) in [6.07, 6.45) is 1.19. The summed E-state index contributed by atoms with van der Waals surface area (Å²) < 4.78 is 0.699. The molecule has 0 saturated carbocycles. The van der Waals surface area contributed by atoms with Gasteiger partial charge < -0.3 is 5.73 Å². The quantitative estimate of drug-likeness (QED) is 0.660. The number of hydrogen-bond acceptors (Lipinski definition) is 3. The number of nitro groups is 1. The summed E-state index contributed by atoms with van der Waals surface area (Å²) >= 11 is 3.26. The molecule has 0 radical (unpaired) electrons. The van der Waals surface area contributed by atoms with E-state index in [1.807, 2.05) is 31.2 Å². The maximum Gasteiger partial charge on any atom is 0.273 e. The highest BCUT2D eigenvalue weighted by atomic mass is 79.9. The SMILES string of the molecule is Cc1cccc(CC(N)Cc2ccc(Br)cc2[N+](=O)[O-])c1. The molecule has 110 valence electrons. The molecule has 0 aliphatic carbocycles. The van der Waals surface area contributed by atoms with Gasteiger partial charge in [-0.2, -0.15) is 0 Å². The largest absolute Gasteiger partial charge is 0.327 e. The Kier molecular flexibility index (Phi) is 5.09. The summed E-state index contributed by atoms with van der Waals surface area (Å²) in [6, 6.07) is 13.1. The van der Waals surface area contributed by atoms with Crippen molar-refractivity contribution in [1.29, 1.82) is 0 Å². The number of benzene rings is 2. The Hall–Kier alpha value is -1.72. The molecular formula is C16H17BrN2O2. The molecule has 4 nitrogen and oxygen atoms in total. The van der Waals surface area contributed by atoms with Crippen molar-refractivity contribution in [3.05, 3.63) is 73.7 Å². The Morgan fingerprint density at radius 1 is 1.24 bits per heavy atom. The van der Waals surface area contributed by atoms with Crippen LogP contribution < -0.4 is 5.73 Å². The molecule has 2 rings (SSSR count). The lowest BCUT2D eigenvalue weighted by Gasteiger charge is -2.12. The topological polar surface area (TPSA) is 69.2 Å². The lowest BCUT2D eigenvalue weighted by Crippen LogP contribution is -2.26. The fourth-order valence-corrected chi connectivity index (χ4v) is 2.73. The van der Waals surface area contributed by atoms with E-state index in [9.17, 15) is 10.1 Å². The predicted molar refractivity (Wildman–Crippen MR) is 87.4 cm³/mol. The summed E-state index contributed by atoms with van der Waals surface area (Å²) in [4.78, 5) is 10.7. The smallest absolute Gasteiger partial charge is 0.273 e. The van der Waals surface area contributed by atoms with Crippen molar-refractivity contribution < 1.29 is 4.92 Å². The molecular weight excluding hydrogens is 332 g/mol. The Balaban J connectivity index is 2.12. The van der Waals surface area contributed by atoms with Gasteiger partial charge in [-0.25, -0.2) is 0 Å². The van der Waals surface area contributed by atoms with E-state index in [0.717, 1.165) is 5.56 Å². The lowest BCUT2D eigenvalue weighted by atomic mass is 9.98. The predicted octanol–water partition coefficient (Wildman–Crippen LogP) is 3.78. The van der Waals surface area contributed by atoms with Crippen molar-refractivity contribution in [2.45, 2.75) is 25.8 Å². The first-order valence-electron chi connectivity index (χ1n) is 6.69. The van der Waals surface area contributed by atoms with Gasteiger partial charge in [0.1, 0.15) is 0 Å². The molecule has 0 amide bonds. The number of halogens is 1. The van der Waals surface area contributed by atoms with E-state index in [1.54, 1.807) is 6.07 Å². The molecule has 2 aromatic rings. The van der Waals surface area contributed by atoms with Crippen LogP contribution in [0.1, 0.15) is 16.7 Å². The molecule has 0 aliphatic rings. The molecule has 1 atom stereocenters. The lowest BCUT2D eigenvalue weighted by molar-refractivity contribution is -0.385. The van der Waals surface area contributed by atoms with Crippen LogP contribution in [0.2, 0.25) is 0 Å². The number of nitrogens with two attached hydrogens (primary N) is 1. The zero-order valence-corrected chi connectivity index (χ0v) is 13.3. The van der Waals surface area contributed by atoms with Crippen molar-refractivity contribution in [2.75, 3.05) is 0 Å². The molecule has 1 unspecified atom stereocenters. The molecule has 0 spiro atoms. The second-order valence-electron chi connectivity index (χ2n) is 5.19. The molecule has 0 aliphatic heterocycles. The molecule has 0 bridgehead atoms. The van der Waals surface area contributed by atoms with Crippen LogP contribution in [0.25, 0.3) is 0 Å². The highest BCUT2D eigenvalue weighted by Gasteiger charge is 2.17. The fourth-order valence-electron chi connectivity index (χ4n) is 2.38. The third-order valence-corrected chi connectivity index (χ3v) is 3.80. The van der Waals surface area contributed by atoms with Gasteiger partial charge in [0.25, 0.3) is 5.69 Å². The zero-order chi connectivity index (χ0) is 15.4. The average molecular weight is 349 g/mol. The molecule has 2 aromatic carbocycles. The zero-order valence-electron chi connectivity index (χ0n) is 11.8. The van der Waals surface area contributed by atoms with Crippen molar-refractivity contribution >= 4 is 21.6 Å². The van der Waals surface area contributed by atoms with Crippen LogP contribution in [0, 0.1) is 17.0 Å². The van der Waals surface area contributed by atoms with Crippen LogP contribution in [0.5, 0.6) is 0 Å². The summed E-state index contributed by atoms with van der Waals surface area (Å²) in [7, 11) is 0. The van der Waals surface area contributed by atoms with Crippen molar-refractivity contribution in [3.8, 4) is 0 Å². The van der Waals surface area contributed by atoms with Gasteiger partial charge in [-0.05, 0) is 31.4 Å². The summed E-state index contributed by atoms with van der Waals surface area (Å²) in [6.45, 7) is 2.04. The van der Waals surface area contributed by atoms with Crippen LogP contribution in [0.3, 0.4) is 0 Å². The van der Waals surface area contributed by atoms with Crippen LogP contribution in [0.4, 0.5) is 5.69 Å². The van der Waals surface area contributed by atoms with Gasteiger partial charge >= 0.3 is 0 Å². The normalized spacial score (nSPS) is 12.1. The number of aryl methyl sites for hydroxylation is 1. The molecule has 0 heterocycles. The molecule has 0 saturated heterocycles. The minimum atomic E-state index is -0.362. The van der Waals surface area contributed by atoms with Crippen molar-refractivity contribution in [2.24, 2.45) is 5.73 Å². The first-order valence-corrected chi connectivity index (χ1v) is 7.49. The molecule has 21 heavy (non-hydrogen) atoms. The third kappa shape index (κ3) is 4.37. The van der Waals surface area contributed by atoms with Gasteiger partial charge in [-0.1, -0.05) is 51.8 Å². The van der Waals surface area contributed by atoms with Crippen molar-refractivity contribution in [1.82, 2.24) is 0 Å². The second-order valence-corrected chi connectivity index (χ2v) is 6.10. The van der Waals surface area contributed by atoms with E-state index >= 15 is 0 Å². The van der Waals surface area contributed by atoms with Crippen molar-refractivity contribution in [3.63, 3.8) is 0 Å². The number of nitrogens with zero attached hydrogens (tertiary/aromatic N) is 1. The first kappa shape index (κ1) is 15.7. The minimum Gasteiger partial charge on any atom is -0.327 e. The molecule has 2 N–H and O–H groups in total. The van der Waals surface area contributed by atoms with Crippen LogP contribution in [-0.2, 0) is 12.8 Å². The molecule has 0 aromatic heterocycles. The standard InChI is InChI=1S/C16H17BrN2O2/c1-11-3-2-4-12(7-11)8-15(18)9-13-5-6-14(17)10-16(13)19(20)21/h2-7,10,15H,8-9,18H2,1H3. The van der Waals surface area contributed by atoms with Gasteiger partial charge in [-0.15, -0.1) is 0 Å². The Labute approximate surface area is 132 Å². The van der Waals surface area contributed by atoms with E-state index in [2.05, 4.69) is 22.0 Å². The van der Waals surface area contributed by atoms with E-state index < -0.39 is 0 Å². The highest BCUT2D eigenvalue weighted by molar-refractivity contribution is 9.10. The van der Waals surface area contributed by atoms with Gasteiger partial charge in [0, 0.05) is 22.1 Å². The maximum atomic E-state index is 11.1. The van der Waals surface area contributed by atoms with Gasteiger partial charge in [-0.3, -0.25) is 10.1 Å². The third-order valence-electron chi connectivity index (χ3n) is 3.31. The van der Waals surface area contributed by atoms with E-state index in [0.29, 0.717) is 22.9 Å². The Morgan fingerprint density at radius 2 is 2.00 bits per heavy atom. The van der Waals surface area contributed by atoms with Gasteiger partial charge in [0.15, 0.2) is 0 Å². The monoisotopic (exact) mass is 348 g/mol. The average Bonchev–Trinajstić information content (AvgIpc) is 2.40. The van der Waals surface area contributed by atoms with Gasteiger partial charge in [0.2, 0.25) is 0 Å². The van der Waals surface area contributed by atoms with Gasteiger partial charge in [0.05, 0.1) is 4.92 Å². The minimum absolute atomic E-state index is 0.115. The Morgan fingerprint density at radius 3 is 2.67 bits per heavy atom. The summed E-state index contributed by atoms with van der Waals surface area (Å²) in [5.41, 5.74) is 9.29. The number of hydrogen-bond donors (Lipinski definition) is 1. The molecule has 5 heteroatoms. The molecule has 0 fully saturated rings. The highest BCUT2D eigenvalue weighted by Crippen LogP contribution is 2.25. The summed E-state index contributed by atoms with van der Waals surface area (Å²) in [5.74, 6) is 0. The van der Waals surface area contributed by atoms with Crippen LogP contribution in [0.15, 0.2) is 46.9 Å². The first-order chi connectivity index (χ1) is 9.95. The van der Waals surface area contributed by atoms with E-state index in [1.165, 1.54) is 11.6 Å². The fraction of sp³-hybridized carbons (Fsp3) is 0.250. The van der Waals surface area contributed by atoms with Crippen LogP contribution >= 0.6 is 15.9 Å². The van der Waals surface area contributed by atoms with E-state index in [4.69, 9.17) is 5.73 Å². The number of nitro benzene ring substituents is 1. The number of rotatable bonds is 5. The second kappa shape index (κ2) is 6.83. The maximum absolute atomic E-state index is 11.1. The summed E-state index contributed by atoms with van der Waals surface area (Å²) in [5, 5.41) is 11.1. The van der Waals surface area contributed by atoms with Crippen LogP contribution in [-0.4, -0.2) is 11.0 Å². The Bertz CT molecular complexity index is 658.